The van der Waals surface area contributed by atoms with E-state index in [1.54, 1.807) is 18.4 Å². The molecular formula is C17H22N2OS. The van der Waals surface area contributed by atoms with Crippen LogP contribution in [0.5, 0.6) is 5.75 Å². The minimum Gasteiger partial charge on any atom is -0.497 e. The van der Waals surface area contributed by atoms with Crippen LogP contribution in [-0.2, 0) is 19.3 Å². The number of aryl methyl sites for hydroxylation is 2. The van der Waals surface area contributed by atoms with Crippen LogP contribution >= 0.6 is 11.3 Å². The summed E-state index contributed by atoms with van der Waals surface area (Å²) >= 11 is 1.73. The van der Waals surface area contributed by atoms with Crippen molar-refractivity contribution in [3.63, 3.8) is 0 Å². The third-order valence-electron chi connectivity index (χ3n) is 4.12. The molecule has 0 unspecified atom stereocenters. The normalized spacial score (nSPS) is 17.5. The Balaban J connectivity index is 1.53. The largest absolute Gasteiger partial charge is 0.497 e. The summed E-state index contributed by atoms with van der Waals surface area (Å²) in [5.74, 6) is 0.965. The smallest absolute Gasteiger partial charge is 0.119 e. The highest BCUT2D eigenvalue weighted by atomic mass is 32.1. The van der Waals surface area contributed by atoms with Crippen LogP contribution in [0.15, 0.2) is 23.6 Å². The summed E-state index contributed by atoms with van der Waals surface area (Å²) in [5, 5.41) is 7.00. The molecule has 0 amide bonds. The van der Waals surface area contributed by atoms with Crippen LogP contribution in [0, 0.1) is 6.92 Å². The lowest BCUT2D eigenvalue weighted by molar-refractivity contribution is 0.411. The fourth-order valence-electron chi connectivity index (χ4n) is 2.96. The summed E-state index contributed by atoms with van der Waals surface area (Å²) in [6.45, 7) is 3.07. The minimum atomic E-state index is 0.573. The second-order valence-corrected chi connectivity index (χ2v) is 6.70. The number of hydrogen-bond acceptors (Lipinski definition) is 4. The van der Waals surface area contributed by atoms with Gasteiger partial charge in [-0.15, -0.1) is 11.3 Å². The van der Waals surface area contributed by atoms with Crippen LogP contribution in [0.1, 0.15) is 28.2 Å². The molecule has 21 heavy (non-hydrogen) atoms. The molecule has 1 aromatic heterocycles. The van der Waals surface area contributed by atoms with Crippen LogP contribution in [0.4, 0.5) is 0 Å². The highest BCUT2D eigenvalue weighted by molar-refractivity contribution is 7.09. The van der Waals surface area contributed by atoms with E-state index < -0.39 is 0 Å². The lowest BCUT2D eigenvalue weighted by Gasteiger charge is -2.26. The van der Waals surface area contributed by atoms with E-state index in [1.807, 2.05) is 0 Å². The Morgan fingerprint density at radius 3 is 3.05 bits per heavy atom. The maximum atomic E-state index is 5.33. The molecule has 2 aromatic rings. The van der Waals surface area contributed by atoms with Crippen molar-refractivity contribution in [3.05, 3.63) is 45.4 Å². The molecule has 0 aliphatic heterocycles. The number of methoxy groups -OCH3 is 1. The van der Waals surface area contributed by atoms with E-state index in [1.165, 1.54) is 23.2 Å². The first-order valence-corrected chi connectivity index (χ1v) is 8.43. The molecule has 1 aromatic carbocycles. The van der Waals surface area contributed by atoms with Crippen molar-refractivity contribution in [2.24, 2.45) is 0 Å². The van der Waals surface area contributed by atoms with Gasteiger partial charge in [-0.05, 0) is 49.4 Å². The van der Waals surface area contributed by atoms with Gasteiger partial charge >= 0.3 is 0 Å². The van der Waals surface area contributed by atoms with E-state index in [2.05, 4.69) is 40.8 Å². The summed E-state index contributed by atoms with van der Waals surface area (Å²) in [6.07, 6.45) is 4.50. The van der Waals surface area contributed by atoms with Crippen LogP contribution in [0.25, 0.3) is 0 Å². The van der Waals surface area contributed by atoms with Gasteiger partial charge in [-0.2, -0.15) is 0 Å². The molecule has 0 saturated heterocycles. The number of nitrogens with one attached hydrogen (secondary N) is 1. The van der Waals surface area contributed by atoms with Crippen LogP contribution in [-0.4, -0.2) is 24.7 Å². The number of benzene rings is 1. The molecule has 1 aliphatic rings. The Hall–Kier alpha value is -1.39. The number of ether oxygens (including phenoxy) is 1. The number of nitrogens with zero attached hydrogens (tertiary/aromatic N) is 1. The third-order valence-corrected chi connectivity index (χ3v) is 4.94. The number of rotatable bonds is 5. The highest BCUT2D eigenvalue weighted by Gasteiger charge is 2.18. The third kappa shape index (κ3) is 3.63. The van der Waals surface area contributed by atoms with Crippen molar-refractivity contribution in [2.45, 2.75) is 38.6 Å². The Morgan fingerprint density at radius 1 is 1.38 bits per heavy atom. The molecule has 1 N–H and O–H groups in total. The molecule has 0 fully saturated rings. The Morgan fingerprint density at radius 2 is 2.29 bits per heavy atom. The quantitative estimate of drug-likeness (QED) is 0.921. The van der Waals surface area contributed by atoms with Crippen LogP contribution < -0.4 is 10.1 Å². The lowest BCUT2D eigenvalue weighted by atomic mass is 9.88. The fourth-order valence-corrected chi connectivity index (χ4v) is 3.61. The van der Waals surface area contributed by atoms with Crippen molar-refractivity contribution in [1.82, 2.24) is 10.3 Å². The van der Waals surface area contributed by atoms with Gasteiger partial charge < -0.3 is 10.1 Å². The first-order valence-electron chi connectivity index (χ1n) is 7.55. The van der Waals surface area contributed by atoms with E-state index in [0.29, 0.717) is 6.04 Å². The van der Waals surface area contributed by atoms with E-state index in [4.69, 9.17) is 4.74 Å². The zero-order valence-corrected chi connectivity index (χ0v) is 13.5. The van der Waals surface area contributed by atoms with Crippen LogP contribution in [0.2, 0.25) is 0 Å². The number of aromatic nitrogens is 1. The van der Waals surface area contributed by atoms with Crippen molar-refractivity contribution < 1.29 is 4.74 Å². The van der Waals surface area contributed by atoms with Crippen molar-refractivity contribution in [3.8, 4) is 5.75 Å². The molecule has 0 spiro atoms. The summed E-state index contributed by atoms with van der Waals surface area (Å²) in [6, 6.07) is 7.04. The zero-order chi connectivity index (χ0) is 14.7. The number of thiazole rings is 1. The summed E-state index contributed by atoms with van der Waals surface area (Å²) in [7, 11) is 1.73. The lowest BCUT2D eigenvalue weighted by Crippen LogP contribution is -2.35. The Bertz CT molecular complexity index is 609. The zero-order valence-electron chi connectivity index (χ0n) is 12.7. The van der Waals surface area contributed by atoms with Gasteiger partial charge in [0.2, 0.25) is 0 Å². The number of fused-ring (bicyclic) bond motifs is 1. The maximum absolute atomic E-state index is 5.33. The molecule has 1 atom stereocenters. The van der Waals surface area contributed by atoms with Gasteiger partial charge in [-0.25, -0.2) is 4.98 Å². The second kappa shape index (κ2) is 6.58. The molecule has 4 heteroatoms. The SMILES string of the molecule is COc1ccc2c(c1)C[C@@H](NCCc1csc(C)n1)CC2. The molecule has 0 bridgehead atoms. The van der Waals surface area contributed by atoms with Gasteiger partial charge in [-0.1, -0.05) is 6.07 Å². The number of hydrogen-bond donors (Lipinski definition) is 1. The van der Waals surface area contributed by atoms with Crippen LogP contribution in [0.3, 0.4) is 0 Å². The predicted octanol–water partition coefficient (Wildman–Crippen LogP) is 3.15. The van der Waals surface area contributed by atoms with E-state index >= 15 is 0 Å². The Kier molecular flexibility index (Phi) is 4.56. The van der Waals surface area contributed by atoms with Crippen molar-refractivity contribution >= 4 is 11.3 Å². The molecule has 1 heterocycles. The van der Waals surface area contributed by atoms with Gasteiger partial charge in [0.05, 0.1) is 17.8 Å². The monoisotopic (exact) mass is 302 g/mol. The van der Waals surface area contributed by atoms with E-state index in [-0.39, 0.29) is 0 Å². The summed E-state index contributed by atoms with van der Waals surface area (Å²) in [5.41, 5.74) is 4.12. The standard InChI is InChI=1S/C17H22N2OS/c1-12-19-16(11-21-12)7-8-18-15-5-3-13-4-6-17(20-2)10-14(13)9-15/h4,6,10-11,15,18H,3,5,7-9H2,1-2H3/t15-/m0/s1. The predicted molar refractivity (Wildman–Crippen MR) is 87.4 cm³/mol. The first kappa shape index (κ1) is 14.5. The fraction of sp³-hybridized carbons (Fsp3) is 0.471. The van der Waals surface area contributed by atoms with Gasteiger partial charge in [-0.3, -0.25) is 0 Å². The molecule has 3 rings (SSSR count). The van der Waals surface area contributed by atoms with E-state index in [9.17, 15) is 0 Å². The summed E-state index contributed by atoms with van der Waals surface area (Å²) in [4.78, 5) is 4.51. The maximum Gasteiger partial charge on any atom is 0.119 e. The average Bonchev–Trinajstić information content (AvgIpc) is 2.92. The molecule has 112 valence electrons. The topological polar surface area (TPSA) is 34.1 Å². The average molecular weight is 302 g/mol. The van der Waals surface area contributed by atoms with E-state index in [0.717, 1.165) is 36.6 Å². The molecule has 3 nitrogen and oxygen atoms in total. The molecule has 1 aliphatic carbocycles. The van der Waals surface area contributed by atoms with Gasteiger partial charge in [0, 0.05) is 24.4 Å². The van der Waals surface area contributed by atoms with Gasteiger partial charge in [0.25, 0.3) is 0 Å². The highest BCUT2D eigenvalue weighted by Crippen LogP contribution is 2.25. The van der Waals surface area contributed by atoms with Gasteiger partial charge in [0.15, 0.2) is 0 Å². The van der Waals surface area contributed by atoms with Crippen molar-refractivity contribution in [1.29, 1.82) is 0 Å². The van der Waals surface area contributed by atoms with Gasteiger partial charge in [0.1, 0.15) is 5.75 Å². The molecule has 0 radical (unpaired) electrons. The minimum absolute atomic E-state index is 0.573. The summed E-state index contributed by atoms with van der Waals surface area (Å²) < 4.78 is 5.33. The molecule has 0 saturated carbocycles. The Labute approximate surface area is 130 Å². The van der Waals surface area contributed by atoms with Crippen molar-refractivity contribution in [2.75, 3.05) is 13.7 Å². The first-order chi connectivity index (χ1) is 10.2. The molecular weight excluding hydrogens is 280 g/mol. The second-order valence-electron chi connectivity index (χ2n) is 5.64.